The number of aromatic nitrogens is 2. The van der Waals surface area contributed by atoms with Crippen LogP contribution < -0.4 is 10.9 Å². The first-order valence-corrected chi connectivity index (χ1v) is 8.17. The van der Waals surface area contributed by atoms with Gasteiger partial charge in [0.25, 0.3) is 5.56 Å². The van der Waals surface area contributed by atoms with Gasteiger partial charge in [0.05, 0.1) is 11.9 Å². The molecule has 118 valence electrons. The van der Waals surface area contributed by atoms with Crippen molar-refractivity contribution < 1.29 is 0 Å². The normalized spacial score (nSPS) is 17.1. The lowest BCUT2D eigenvalue weighted by Gasteiger charge is -2.29. The number of anilines is 1. The molecule has 5 nitrogen and oxygen atoms in total. The molecule has 1 saturated heterocycles. The molecule has 2 heterocycles. The van der Waals surface area contributed by atoms with Crippen molar-refractivity contribution in [2.24, 2.45) is 5.92 Å². The van der Waals surface area contributed by atoms with Crippen molar-refractivity contribution in [3.8, 4) is 0 Å². The van der Waals surface area contributed by atoms with Crippen LogP contribution in [0.1, 0.15) is 32.6 Å². The molecule has 0 aliphatic carbocycles. The topological polar surface area (TPSA) is 50.2 Å². The van der Waals surface area contributed by atoms with Gasteiger partial charge in [-0.2, -0.15) is 5.10 Å². The lowest BCUT2D eigenvalue weighted by atomic mass is 9.94. The smallest absolute Gasteiger partial charge is 0.287 e. The van der Waals surface area contributed by atoms with Crippen LogP contribution in [0.5, 0.6) is 0 Å². The first-order chi connectivity index (χ1) is 10.1. The predicted molar refractivity (Wildman–Crippen MR) is 87.1 cm³/mol. The van der Waals surface area contributed by atoms with E-state index in [-0.39, 0.29) is 10.6 Å². The quantitative estimate of drug-likeness (QED) is 0.876. The Balaban J connectivity index is 1.86. The van der Waals surface area contributed by atoms with Gasteiger partial charge >= 0.3 is 0 Å². The molecule has 1 aromatic heterocycles. The van der Waals surface area contributed by atoms with E-state index in [0.717, 1.165) is 25.3 Å². The summed E-state index contributed by atoms with van der Waals surface area (Å²) in [6.45, 7) is 5.82. The van der Waals surface area contributed by atoms with Crippen molar-refractivity contribution in [3.05, 3.63) is 21.6 Å². The molecule has 0 radical (unpaired) electrons. The van der Waals surface area contributed by atoms with E-state index in [9.17, 15) is 4.79 Å². The first-order valence-electron chi connectivity index (χ1n) is 7.79. The summed E-state index contributed by atoms with van der Waals surface area (Å²) in [7, 11) is 2.17. The summed E-state index contributed by atoms with van der Waals surface area (Å²) < 4.78 is 1.42. The third-order valence-corrected chi connectivity index (χ3v) is 4.49. The van der Waals surface area contributed by atoms with Gasteiger partial charge in [-0.15, -0.1) is 0 Å². The number of halogens is 1. The molecule has 0 spiro atoms. The highest BCUT2D eigenvalue weighted by Crippen LogP contribution is 2.20. The van der Waals surface area contributed by atoms with Gasteiger partial charge in [-0.1, -0.05) is 18.5 Å². The standard InChI is InChI=1S/C15H25ClN4O/c1-3-8-20-15(21)14(16)13(11-18-20)17-7-4-12-5-9-19(2)10-6-12/h11-12,17H,3-10H2,1-2H3. The van der Waals surface area contributed by atoms with Gasteiger partial charge in [-0.05, 0) is 51.7 Å². The highest BCUT2D eigenvalue weighted by atomic mass is 35.5. The van der Waals surface area contributed by atoms with Crippen LogP contribution in [0.15, 0.2) is 11.0 Å². The van der Waals surface area contributed by atoms with E-state index >= 15 is 0 Å². The van der Waals surface area contributed by atoms with Crippen molar-refractivity contribution in [2.45, 2.75) is 39.2 Å². The molecule has 0 atom stereocenters. The molecule has 0 bridgehead atoms. The van der Waals surface area contributed by atoms with E-state index in [1.165, 1.54) is 30.6 Å². The Labute approximate surface area is 131 Å². The average Bonchev–Trinajstić information content (AvgIpc) is 2.48. The Morgan fingerprint density at radius 2 is 2.14 bits per heavy atom. The van der Waals surface area contributed by atoms with Gasteiger partial charge in [0.15, 0.2) is 0 Å². The minimum Gasteiger partial charge on any atom is -0.382 e. The number of nitrogens with zero attached hydrogens (tertiary/aromatic N) is 3. The van der Waals surface area contributed by atoms with Gasteiger partial charge in [0.2, 0.25) is 0 Å². The summed E-state index contributed by atoms with van der Waals surface area (Å²) in [5.74, 6) is 0.765. The van der Waals surface area contributed by atoms with E-state index in [1.807, 2.05) is 6.92 Å². The van der Waals surface area contributed by atoms with Crippen LogP contribution in [0, 0.1) is 5.92 Å². The lowest BCUT2D eigenvalue weighted by molar-refractivity contribution is 0.215. The number of likely N-dealkylation sites (tertiary alicyclic amines) is 1. The summed E-state index contributed by atoms with van der Waals surface area (Å²) in [4.78, 5) is 14.4. The van der Waals surface area contributed by atoms with Crippen LogP contribution in [-0.4, -0.2) is 41.4 Å². The Bertz CT molecular complexity index is 509. The summed E-state index contributed by atoms with van der Waals surface area (Å²) in [6, 6.07) is 0. The van der Waals surface area contributed by atoms with Crippen molar-refractivity contribution in [1.29, 1.82) is 0 Å². The number of hydrogen-bond donors (Lipinski definition) is 1. The third kappa shape index (κ3) is 4.45. The molecule has 1 aliphatic rings. The van der Waals surface area contributed by atoms with Gasteiger partial charge in [-0.3, -0.25) is 4.79 Å². The molecule has 1 aromatic rings. The monoisotopic (exact) mass is 312 g/mol. The maximum Gasteiger partial charge on any atom is 0.287 e. The zero-order chi connectivity index (χ0) is 15.2. The molecule has 0 aromatic carbocycles. The van der Waals surface area contributed by atoms with Crippen LogP contribution in [0.25, 0.3) is 0 Å². The number of nitrogens with one attached hydrogen (secondary N) is 1. The molecule has 21 heavy (non-hydrogen) atoms. The highest BCUT2D eigenvalue weighted by molar-refractivity contribution is 6.32. The molecule has 1 aliphatic heterocycles. The van der Waals surface area contributed by atoms with E-state index in [0.29, 0.717) is 12.2 Å². The maximum absolute atomic E-state index is 12.0. The number of aryl methyl sites for hydroxylation is 1. The van der Waals surface area contributed by atoms with E-state index < -0.39 is 0 Å². The highest BCUT2D eigenvalue weighted by Gasteiger charge is 2.16. The number of piperidine rings is 1. The largest absolute Gasteiger partial charge is 0.382 e. The fraction of sp³-hybridized carbons (Fsp3) is 0.733. The summed E-state index contributed by atoms with van der Waals surface area (Å²) >= 11 is 6.13. The van der Waals surface area contributed by atoms with Crippen LogP contribution in [0.3, 0.4) is 0 Å². The van der Waals surface area contributed by atoms with E-state index in [4.69, 9.17) is 11.6 Å². The maximum atomic E-state index is 12.0. The fourth-order valence-corrected chi connectivity index (χ4v) is 2.93. The van der Waals surface area contributed by atoms with Gasteiger partial charge in [0, 0.05) is 13.1 Å². The Morgan fingerprint density at radius 1 is 1.43 bits per heavy atom. The Morgan fingerprint density at radius 3 is 2.81 bits per heavy atom. The third-order valence-electron chi connectivity index (χ3n) is 4.13. The second-order valence-electron chi connectivity index (χ2n) is 5.86. The van der Waals surface area contributed by atoms with Crippen LogP contribution >= 0.6 is 11.6 Å². The first kappa shape index (κ1) is 16.3. The van der Waals surface area contributed by atoms with Crippen molar-refractivity contribution >= 4 is 17.3 Å². The van der Waals surface area contributed by atoms with E-state index in [2.05, 4.69) is 22.4 Å². The van der Waals surface area contributed by atoms with Crippen LogP contribution in [-0.2, 0) is 6.54 Å². The molecular formula is C15H25ClN4O. The molecule has 0 saturated carbocycles. The molecule has 0 amide bonds. The second kappa shape index (κ2) is 7.80. The average molecular weight is 313 g/mol. The zero-order valence-corrected chi connectivity index (χ0v) is 13.7. The molecule has 6 heteroatoms. The van der Waals surface area contributed by atoms with Gasteiger partial charge in [0.1, 0.15) is 5.02 Å². The molecule has 1 N–H and O–H groups in total. The Kier molecular flexibility index (Phi) is 6.06. The Hall–Kier alpha value is -1.07. The minimum absolute atomic E-state index is 0.206. The van der Waals surface area contributed by atoms with Gasteiger partial charge < -0.3 is 10.2 Å². The lowest BCUT2D eigenvalue weighted by Crippen LogP contribution is -2.31. The van der Waals surface area contributed by atoms with Crippen molar-refractivity contribution in [1.82, 2.24) is 14.7 Å². The molecule has 1 fully saturated rings. The molecular weight excluding hydrogens is 288 g/mol. The van der Waals surface area contributed by atoms with Crippen molar-refractivity contribution in [2.75, 3.05) is 32.0 Å². The SMILES string of the molecule is CCCn1ncc(NCCC2CCN(C)CC2)c(Cl)c1=O. The summed E-state index contributed by atoms with van der Waals surface area (Å²) in [5, 5.41) is 7.67. The number of hydrogen-bond acceptors (Lipinski definition) is 4. The zero-order valence-electron chi connectivity index (χ0n) is 12.9. The predicted octanol–water partition coefficient (Wildman–Crippen LogP) is 2.45. The molecule has 2 rings (SSSR count). The van der Waals surface area contributed by atoms with Crippen LogP contribution in [0.2, 0.25) is 5.02 Å². The van der Waals surface area contributed by atoms with Gasteiger partial charge in [-0.25, -0.2) is 4.68 Å². The minimum atomic E-state index is -0.206. The molecule has 0 unspecified atom stereocenters. The number of rotatable bonds is 6. The summed E-state index contributed by atoms with van der Waals surface area (Å²) in [6.07, 6.45) is 6.15. The summed E-state index contributed by atoms with van der Waals surface area (Å²) in [5.41, 5.74) is 0.449. The second-order valence-corrected chi connectivity index (χ2v) is 6.24. The van der Waals surface area contributed by atoms with Crippen LogP contribution in [0.4, 0.5) is 5.69 Å². The van der Waals surface area contributed by atoms with Crippen molar-refractivity contribution in [3.63, 3.8) is 0 Å². The van der Waals surface area contributed by atoms with E-state index in [1.54, 1.807) is 6.20 Å². The fourth-order valence-electron chi connectivity index (χ4n) is 2.72.